The fourth-order valence-corrected chi connectivity index (χ4v) is 2.63. The molecule has 0 unspecified atom stereocenters. The molecule has 0 fully saturated rings. The van der Waals surface area contributed by atoms with E-state index in [0.717, 1.165) is 18.8 Å². The maximum absolute atomic E-state index is 10.7. The van der Waals surface area contributed by atoms with Gasteiger partial charge in [-0.15, -0.1) is 0 Å². The number of carboxylic acid groups (broad SMARTS) is 1. The van der Waals surface area contributed by atoms with E-state index >= 15 is 0 Å². The van der Waals surface area contributed by atoms with E-state index in [4.69, 9.17) is 25.3 Å². The van der Waals surface area contributed by atoms with Gasteiger partial charge in [-0.25, -0.2) is 0 Å². The second-order valence-electron chi connectivity index (χ2n) is 9.62. The average molecular weight is 819 g/mol. The van der Waals surface area contributed by atoms with Crippen LogP contribution in [0.3, 0.4) is 0 Å². The minimum atomic E-state index is -10.7. The molecule has 0 aliphatic rings. The summed E-state index contributed by atoms with van der Waals surface area (Å²) in [5.41, 5.74) is 2.77. The van der Waals surface area contributed by atoms with Gasteiger partial charge in [0.05, 0.1) is 48.3 Å². The Labute approximate surface area is 262 Å². The summed E-state index contributed by atoms with van der Waals surface area (Å²) in [4.78, 5) is 11.9. The molecule has 15 heteroatoms. The zero-order chi connectivity index (χ0) is 30.1. The van der Waals surface area contributed by atoms with Gasteiger partial charge >= 0.3 is 60.7 Å². The Balaban J connectivity index is -0.000000455. The molecule has 0 saturated carbocycles. The summed E-state index contributed by atoms with van der Waals surface area (Å²) < 4.78 is 60.9. The number of hydrogen-bond donors (Lipinski definition) is 0. The summed E-state index contributed by atoms with van der Waals surface area (Å²) in [7, 11) is 2.17. The molecule has 0 heterocycles. The van der Waals surface area contributed by atoms with Crippen LogP contribution in [0.25, 0.3) is 0 Å². The summed E-state index contributed by atoms with van der Waals surface area (Å²) >= 11 is 9.98. The van der Waals surface area contributed by atoms with Gasteiger partial charge in [0, 0.05) is 0 Å². The third-order valence-corrected chi connectivity index (χ3v) is 4.78. The van der Waals surface area contributed by atoms with E-state index in [2.05, 4.69) is 66.6 Å². The molecule has 0 saturated heterocycles. The molecular formula is C25H33F6HgN2O3PS2. The van der Waals surface area contributed by atoms with Crippen molar-refractivity contribution in [2.75, 3.05) is 42.3 Å². The van der Waals surface area contributed by atoms with Crippen LogP contribution in [0.4, 0.5) is 36.6 Å². The van der Waals surface area contributed by atoms with Gasteiger partial charge in [0.25, 0.3) is 0 Å². The van der Waals surface area contributed by atoms with Gasteiger partial charge in [-0.1, -0.05) is 54.6 Å². The fourth-order valence-electron chi connectivity index (χ4n) is 2.36. The third-order valence-electron chi connectivity index (χ3n) is 4.23. The molecule has 0 atom stereocenters. The van der Waals surface area contributed by atoms with E-state index in [1.165, 1.54) is 23.5 Å². The number of aromatic carboxylic acids is 1. The summed E-state index contributed by atoms with van der Waals surface area (Å²) in [6.45, 7) is 0. The Hall–Kier alpha value is -1.60. The van der Waals surface area contributed by atoms with Crippen LogP contribution in [-0.2, 0) is 52.9 Å². The molecule has 0 bridgehead atoms. The number of carbonyl (C=O) groups is 1. The van der Waals surface area contributed by atoms with Gasteiger partial charge in [0.1, 0.15) is 11.4 Å². The van der Waals surface area contributed by atoms with Crippen molar-refractivity contribution in [1.82, 2.24) is 8.97 Å². The fraction of sp³-hybridized carbons (Fsp3) is 0.240. The van der Waals surface area contributed by atoms with Gasteiger partial charge in [-0.3, -0.25) is 8.97 Å². The Kier molecular flexibility index (Phi) is 16.7. The van der Waals surface area contributed by atoms with Crippen molar-refractivity contribution in [3.63, 3.8) is 0 Å². The van der Waals surface area contributed by atoms with Gasteiger partial charge in [0.15, 0.2) is 0 Å². The smallest absolute Gasteiger partial charge is 0.545 e. The van der Waals surface area contributed by atoms with Crippen molar-refractivity contribution < 1.29 is 68.2 Å². The predicted molar refractivity (Wildman–Crippen MR) is 151 cm³/mol. The normalized spacial score (nSPS) is 12.4. The van der Waals surface area contributed by atoms with Gasteiger partial charge in [-0.2, -0.15) is 9.79 Å². The molecule has 0 aliphatic heterocycles. The molecule has 5 nitrogen and oxygen atoms in total. The Morgan fingerprint density at radius 3 is 1.05 bits per heavy atom. The number of carbonyl (C=O) groups excluding carboxylic acids is 1. The Bertz CT molecular complexity index is 1090. The quantitative estimate of drug-likeness (QED) is 0.104. The topological polar surface area (TPSA) is 71.6 Å². The summed E-state index contributed by atoms with van der Waals surface area (Å²) in [6.07, 6.45) is 0. The van der Waals surface area contributed by atoms with E-state index < -0.39 is 13.8 Å². The molecule has 0 amide bonds. The Morgan fingerprint density at radius 1 is 0.625 bits per heavy atom. The van der Waals surface area contributed by atoms with Gasteiger partial charge in [-0.05, 0) is 29.8 Å². The number of nitrogens with zero attached hydrogens (tertiary/aromatic N) is 2. The second-order valence-corrected chi connectivity index (χ2v) is 12.5. The molecule has 3 aromatic rings. The standard InChI is InChI=1S/2C9H13NS.C7H6O2.F6P.Hg.H2O/c2*1-10(2,3)8-4-6-9(11)7-5-8;8-7(9)6-4-2-1-3-5-6;1-7(2,3,4,5)6;;/h2*4-7H,1-3H3;1-5H,(H,8,9);;;1H2/q;;;-1;+2;/p-1. The number of quaternary nitrogens is 2. The largest absolute Gasteiger partial charge is 2.00 e. The summed E-state index contributed by atoms with van der Waals surface area (Å²) in [5, 5.41) is 10.1. The third kappa shape index (κ3) is 25.4. The monoisotopic (exact) mass is 820 g/mol. The van der Waals surface area contributed by atoms with E-state index in [9.17, 15) is 35.1 Å². The number of hydrogen-bond acceptors (Lipinski definition) is 4. The minimum absolute atomic E-state index is 0. The Morgan fingerprint density at radius 2 is 0.875 bits per heavy atom. The van der Waals surface area contributed by atoms with Crippen LogP contribution in [0.15, 0.2) is 88.7 Å². The van der Waals surface area contributed by atoms with Crippen LogP contribution < -0.4 is 14.1 Å². The van der Waals surface area contributed by atoms with E-state index in [-0.39, 0.29) is 38.7 Å². The van der Waals surface area contributed by atoms with E-state index in [0.29, 0.717) is 0 Å². The summed E-state index contributed by atoms with van der Waals surface area (Å²) in [5.74, 6) is -1.13. The maximum atomic E-state index is 10.1. The maximum Gasteiger partial charge on any atom is 2.00 e. The van der Waals surface area contributed by atoms with Crippen molar-refractivity contribution in [2.24, 2.45) is 0 Å². The predicted octanol–water partition coefficient (Wildman–Crippen LogP) is 6.18. The van der Waals surface area contributed by atoms with Crippen LogP contribution in [0, 0.1) is 0 Å². The molecule has 3 rings (SSSR count). The number of benzene rings is 3. The van der Waals surface area contributed by atoms with Gasteiger partial charge in [0.2, 0.25) is 0 Å². The van der Waals surface area contributed by atoms with E-state index in [1.807, 2.05) is 24.3 Å². The number of halogens is 6. The van der Waals surface area contributed by atoms with Crippen LogP contribution in [0.5, 0.6) is 0 Å². The molecule has 0 radical (unpaired) electrons. The molecule has 0 spiro atoms. The van der Waals surface area contributed by atoms with E-state index in [1.54, 1.807) is 18.2 Å². The average Bonchev–Trinajstić information content (AvgIpc) is 2.72. The van der Waals surface area contributed by atoms with Crippen LogP contribution in [0.2, 0.25) is 0 Å². The van der Waals surface area contributed by atoms with Crippen LogP contribution in [0.1, 0.15) is 10.4 Å². The first-order chi connectivity index (χ1) is 16.8. The van der Waals surface area contributed by atoms with Crippen molar-refractivity contribution >= 4 is 50.4 Å². The molecule has 222 valence electrons. The van der Waals surface area contributed by atoms with Crippen molar-refractivity contribution in [3.05, 3.63) is 84.4 Å². The minimum Gasteiger partial charge on any atom is -0.545 e. The van der Waals surface area contributed by atoms with Crippen LogP contribution >= 0.6 is 7.81 Å². The molecule has 2 N–H and O–H groups in total. The first-order valence-corrected chi connectivity index (χ1v) is 13.6. The van der Waals surface area contributed by atoms with Crippen molar-refractivity contribution in [1.29, 1.82) is 0 Å². The molecule has 0 aliphatic carbocycles. The zero-order valence-electron chi connectivity index (χ0n) is 23.0. The second kappa shape index (κ2) is 15.6. The number of carboxylic acids is 1. The molecule has 3 aromatic carbocycles. The first-order valence-electron chi connectivity index (χ1n) is 10.8. The zero-order valence-corrected chi connectivity index (χ0v) is 31.0. The number of rotatable bonds is 3. The molecule has 40 heavy (non-hydrogen) atoms. The molecule has 0 aromatic heterocycles. The first kappa shape index (κ1) is 42.9. The van der Waals surface area contributed by atoms with Gasteiger partial charge < -0.3 is 40.6 Å². The van der Waals surface area contributed by atoms with Crippen LogP contribution in [-0.4, -0.2) is 53.7 Å². The molecular weight excluding hydrogens is 786 g/mol. The van der Waals surface area contributed by atoms with Crippen molar-refractivity contribution in [2.45, 2.75) is 9.79 Å². The van der Waals surface area contributed by atoms with Crippen molar-refractivity contribution in [3.8, 4) is 0 Å². The summed E-state index contributed by atoms with van der Waals surface area (Å²) in [6, 6.07) is 24.2. The SMILES string of the molecule is C[N+](C)(C)c1ccc([S-])cc1.C[N+](C)(C)c1ccc([S-])cc1.F[P-](F)(F)(F)(F)F.O.O=C([O-])c1ccccc1.[Hg+2].